The zero-order chi connectivity index (χ0) is 27.3. The first kappa shape index (κ1) is 24.6. The number of fused-ring (bicyclic) bond motifs is 6. The lowest BCUT2D eigenvalue weighted by molar-refractivity contribution is -0.159. The minimum absolute atomic E-state index is 0.0412. The topological polar surface area (TPSA) is 101 Å². The minimum Gasteiger partial charge on any atom is -0.458 e. The van der Waals surface area contributed by atoms with Crippen molar-refractivity contribution in [2.75, 3.05) is 13.9 Å². The van der Waals surface area contributed by atoms with Gasteiger partial charge in [-0.2, -0.15) is 0 Å². The van der Waals surface area contributed by atoms with Crippen LogP contribution in [0.2, 0.25) is 0 Å². The molecule has 0 radical (unpaired) electrons. The number of hydrogen-bond donors (Lipinski definition) is 1. The summed E-state index contributed by atoms with van der Waals surface area (Å²) in [6.45, 7) is 8.99. The second-order valence-electron chi connectivity index (χ2n) is 11.5. The van der Waals surface area contributed by atoms with E-state index >= 15 is 0 Å². The maximum atomic E-state index is 13.7. The lowest BCUT2D eigenvalue weighted by Crippen LogP contribution is -2.77. The van der Waals surface area contributed by atoms with Gasteiger partial charge in [-0.15, -0.1) is 0 Å². The SMILES string of the molecule is CC.COC1C(=O)OCc2c1cc1n(c2=O)Cc2c-1nc1cc3c(cc1c2C12CC(NC(C)C)(C1)C2)OCO3. The van der Waals surface area contributed by atoms with Crippen LogP contribution in [0.1, 0.15) is 75.3 Å². The van der Waals surface area contributed by atoms with Crippen molar-refractivity contribution in [3.05, 3.63) is 50.8 Å². The van der Waals surface area contributed by atoms with E-state index in [1.54, 1.807) is 4.57 Å². The predicted octanol–water partition coefficient (Wildman–Crippen LogP) is 4.10. The van der Waals surface area contributed by atoms with Gasteiger partial charge >= 0.3 is 5.97 Å². The van der Waals surface area contributed by atoms with Crippen molar-refractivity contribution in [3.63, 3.8) is 0 Å². The minimum atomic E-state index is -0.917. The van der Waals surface area contributed by atoms with Crippen molar-refractivity contribution in [2.24, 2.45) is 0 Å². The van der Waals surface area contributed by atoms with Gasteiger partial charge < -0.3 is 28.8 Å². The average molecular weight is 532 g/mol. The van der Waals surface area contributed by atoms with Crippen LogP contribution < -0.4 is 20.3 Å². The van der Waals surface area contributed by atoms with Gasteiger partial charge in [-0.25, -0.2) is 9.78 Å². The number of nitrogens with one attached hydrogen (secondary N) is 1. The van der Waals surface area contributed by atoms with E-state index in [9.17, 15) is 9.59 Å². The number of carbonyl (C=O) groups excluding carboxylic acids is 1. The molecule has 0 saturated heterocycles. The van der Waals surface area contributed by atoms with Crippen LogP contribution in [0.15, 0.2) is 23.0 Å². The molecule has 1 N–H and O–H groups in total. The summed E-state index contributed by atoms with van der Waals surface area (Å²) in [5.74, 6) is 0.942. The van der Waals surface area contributed by atoms with Crippen molar-refractivity contribution in [1.29, 1.82) is 0 Å². The van der Waals surface area contributed by atoms with E-state index in [-0.39, 0.29) is 29.9 Å². The van der Waals surface area contributed by atoms with Gasteiger partial charge in [0.15, 0.2) is 17.6 Å². The van der Waals surface area contributed by atoms with Gasteiger partial charge in [-0.1, -0.05) is 27.7 Å². The molecular weight excluding hydrogens is 498 g/mol. The molecular formula is C30H33N3O6. The van der Waals surface area contributed by atoms with Crippen molar-refractivity contribution in [1.82, 2.24) is 14.9 Å². The highest BCUT2D eigenvalue weighted by Gasteiger charge is 2.69. The van der Waals surface area contributed by atoms with Crippen LogP contribution in [0.25, 0.3) is 22.3 Å². The molecule has 3 fully saturated rings. The lowest BCUT2D eigenvalue weighted by Gasteiger charge is -2.72. The zero-order valence-corrected chi connectivity index (χ0v) is 23.0. The number of benzene rings is 1. The van der Waals surface area contributed by atoms with Crippen LogP contribution in [-0.4, -0.2) is 41.0 Å². The number of methoxy groups -OCH3 is 1. The van der Waals surface area contributed by atoms with Crippen molar-refractivity contribution >= 4 is 16.9 Å². The second kappa shape index (κ2) is 8.29. The van der Waals surface area contributed by atoms with Crippen LogP contribution >= 0.6 is 0 Å². The first-order valence-corrected chi connectivity index (χ1v) is 13.8. The number of nitrogens with zero attached hydrogens (tertiary/aromatic N) is 2. The highest BCUT2D eigenvalue weighted by molar-refractivity contribution is 5.92. The number of aromatic nitrogens is 2. The van der Waals surface area contributed by atoms with Gasteiger partial charge in [-0.3, -0.25) is 4.79 Å². The van der Waals surface area contributed by atoms with Gasteiger partial charge in [0.2, 0.25) is 6.79 Å². The molecule has 9 heteroatoms. The predicted molar refractivity (Wildman–Crippen MR) is 144 cm³/mol. The average Bonchev–Trinajstić information content (AvgIpc) is 3.48. The molecule has 2 aromatic heterocycles. The smallest absolute Gasteiger partial charge is 0.340 e. The maximum absolute atomic E-state index is 13.7. The van der Waals surface area contributed by atoms with Crippen molar-refractivity contribution < 1.29 is 23.7 Å². The van der Waals surface area contributed by atoms with E-state index in [2.05, 4.69) is 25.2 Å². The summed E-state index contributed by atoms with van der Waals surface area (Å²) in [5, 5.41) is 4.85. The first-order valence-electron chi connectivity index (χ1n) is 13.8. The van der Waals surface area contributed by atoms with Crippen LogP contribution in [0.5, 0.6) is 11.5 Å². The Bertz CT molecular complexity index is 1600. The Morgan fingerprint density at radius 3 is 2.46 bits per heavy atom. The summed E-state index contributed by atoms with van der Waals surface area (Å²) in [4.78, 5) is 31.1. The molecule has 39 heavy (non-hydrogen) atoms. The Labute approximate surface area is 226 Å². The molecule has 3 aromatic rings. The number of ether oxygens (including phenoxy) is 4. The number of carbonyl (C=O) groups is 1. The Kier molecular flexibility index (Phi) is 5.23. The van der Waals surface area contributed by atoms with Gasteiger partial charge in [-0.05, 0) is 37.0 Å². The number of esters is 1. The Balaban J connectivity index is 0.00000124. The molecule has 5 heterocycles. The van der Waals surface area contributed by atoms with E-state index in [0.717, 1.165) is 52.9 Å². The van der Waals surface area contributed by atoms with Crippen LogP contribution in [0.4, 0.5) is 0 Å². The Morgan fingerprint density at radius 1 is 1.05 bits per heavy atom. The normalized spacial score (nSPS) is 26.6. The van der Waals surface area contributed by atoms with Gasteiger partial charge in [0.1, 0.15) is 6.61 Å². The van der Waals surface area contributed by atoms with E-state index in [0.29, 0.717) is 29.5 Å². The third-order valence-corrected chi connectivity index (χ3v) is 8.82. The largest absolute Gasteiger partial charge is 0.458 e. The third-order valence-electron chi connectivity index (χ3n) is 8.82. The fourth-order valence-corrected chi connectivity index (χ4v) is 7.65. The molecule has 6 aliphatic rings. The molecule has 3 saturated carbocycles. The number of rotatable bonds is 4. The molecule has 1 atom stereocenters. The molecule has 1 unspecified atom stereocenters. The molecule has 204 valence electrons. The zero-order valence-electron chi connectivity index (χ0n) is 23.0. The lowest BCUT2D eigenvalue weighted by atomic mass is 9.36. The Hall–Kier alpha value is -3.43. The molecule has 3 aliphatic heterocycles. The van der Waals surface area contributed by atoms with E-state index in [4.69, 9.17) is 23.9 Å². The van der Waals surface area contributed by atoms with Gasteiger partial charge in [0.25, 0.3) is 5.56 Å². The fourth-order valence-electron chi connectivity index (χ4n) is 7.65. The number of hydrogen-bond acceptors (Lipinski definition) is 8. The van der Waals surface area contributed by atoms with Crippen LogP contribution in [0.3, 0.4) is 0 Å². The van der Waals surface area contributed by atoms with E-state index in [1.165, 1.54) is 12.7 Å². The summed E-state index contributed by atoms with van der Waals surface area (Å²) in [5.41, 5.74) is 5.83. The van der Waals surface area contributed by atoms with E-state index < -0.39 is 12.1 Å². The summed E-state index contributed by atoms with van der Waals surface area (Å²) in [6, 6.07) is 6.34. The summed E-state index contributed by atoms with van der Waals surface area (Å²) < 4.78 is 23.9. The molecule has 2 bridgehead atoms. The molecule has 9 nitrogen and oxygen atoms in total. The molecule has 0 amide bonds. The summed E-state index contributed by atoms with van der Waals surface area (Å²) >= 11 is 0. The highest BCUT2D eigenvalue weighted by atomic mass is 16.7. The molecule has 9 rings (SSSR count). The van der Waals surface area contributed by atoms with E-state index in [1.807, 2.05) is 26.0 Å². The van der Waals surface area contributed by atoms with Crippen molar-refractivity contribution in [2.45, 2.75) is 83.2 Å². The molecule has 3 aliphatic carbocycles. The number of pyridine rings is 2. The highest BCUT2D eigenvalue weighted by Crippen LogP contribution is 2.70. The van der Waals surface area contributed by atoms with Gasteiger partial charge in [0, 0.05) is 46.7 Å². The maximum Gasteiger partial charge on any atom is 0.340 e. The standard InChI is InChI=1S/C28H27N3O6.C2H6/c1-13(2)30-28-9-27(10-28,11-28)22-15-5-20-21(37-12-36-20)6-18(15)29-23-16(22)7-31-19(23)4-14-17(25(31)32)8-35-26(33)24(14)34-3;1-2/h4-6,13,24,30H,7-12H2,1-3H3;1-2H3. The van der Waals surface area contributed by atoms with Gasteiger partial charge in [0.05, 0.1) is 29.0 Å². The molecule has 1 aromatic carbocycles. The summed E-state index contributed by atoms with van der Waals surface area (Å²) in [6.07, 6.45) is 2.27. The Morgan fingerprint density at radius 2 is 1.77 bits per heavy atom. The number of cyclic esters (lactones) is 1. The van der Waals surface area contributed by atoms with Crippen LogP contribution in [-0.2, 0) is 32.8 Å². The quantitative estimate of drug-likeness (QED) is 0.393. The fraction of sp³-hybridized carbons (Fsp3) is 0.500. The third kappa shape index (κ3) is 3.23. The van der Waals surface area contributed by atoms with Crippen molar-refractivity contribution in [3.8, 4) is 22.9 Å². The van der Waals surface area contributed by atoms with Crippen LogP contribution in [0, 0.1) is 0 Å². The monoisotopic (exact) mass is 531 g/mol. The molecule has 0 spiro atoms. The summed E-state index contributed by atoms with van der Waals surface area (Å²) in [7, 11) is 1.45. The first-order chi connectivity index (χ1) is 18.8. The second-order valence-corrected chi connectivity index (χ2v) is 11.5.